The molecule has 96 valence electrons. The Labute approximate surface area is 102 Å². The minimum absolute atomic E-state index is 0.538. The van der Waals surface area contributed by atoms with Gasteiger partial charge in [-0.25, -0.2) is 0 Å². The summed E-state index contributed by atoms with van der Waals surface area (Å²) in [6.45, 7) is 10.6. The molecule has 0 radical (unpaired) electrons. The summed E-state index contributed by atoms with van der Waals surface area (Å²) in [5.41, 5.74) is 0.538. The number of nitrogens with one attached hydrogen (secondary N) is 1. The minimum atomic E-state index is 0.538. The van der Waals surface area contributed by atoms with Crippen molar-refractivity contribution in [2.75, 3.05) is 20.6 Å². The third kappa shape index (κ3) is 3.74. The molecule has 1 N–H and O–H groups in total. The molecule has 2 atom stereocenters. The standard InChI is InChI=1S/C14H30N2/c1-11(2)16(6)10-12-9-14(3,4)8-7-13(12)15-5/h11-13,15H,7-10H2,1-6H3. The van der Waals surface area contributed by atoms with Crippen LogP contribution in [0.25, 0.3) is 0 Å². The van der Waals surface area contributed by atoms with Gasteiger partial charge in [0.25, 0.3) is 0 Å². The normalized spacial score (nSPS) is 30.0. The van der Waals surface area contributed by atoms with Crippen molar-refractivity contribution < 1.29 is 0 Å². The van der Waals surface area contributed by atoms with Crippen LogP contribution in [0.4, 0.5) is 0 Å². The lowest BCUT2D eigenvalue weighted by Crippen LogP contribution is -2.46. The van der Waals surface area contributed by atoms with Crippen LogP contribution >= 0.6 is 0 Å². The highest BCUT2D eigenvalue weighted by Gasteiger charge is 2.34. The van der Waals surface area contributed by atoms with E-state index in [1.54, 1.807) is 0 Å². The van der Waals surface area contributed by atoms with Gasteiger partial charge in [-0.2, -0.15) is 0 Å². The molecule has 0 aromatic rings. The van der Waals surface area contributed by atoms with Gasteiger partial charge in [0.05, 0.1) is 0 Å². The Morgan fingerprint density at radius 2 is 2.00 bits per heavy atom. The zero-order chi connectivity index (χ0) is 12.3. The van der Waals surface area contributed by atoms with E-state index in [-0.39, 0.29) is 0 Å². The lowest BCUT2D eigenvalue weighted by Gasteiger charge is -2.42. The SMILES string of the molecule is CNC1CCC(C)(C)CC1CN(C)C(C)C. The first-order valence-corrected chi connectivity index (χ1v) is 6.73. The van der Waals surface area contributed by atoms with Gasteiger partial charge in [0, 0.05) is 18.6 Å². The quantitative estimate of drug-likeness (QED) is 0.793. The highest BCUT2D eigenvalue weighted by atomic mass is 15.1. The molecule has 0 amide bonds. The highest BCUT2D eigenvalue weighted by Crippen LogP contribution is 2.38. The Bertz CT molecular complexity index is 211. The van der Waals surface area contributed by atoms with E-state index in [4.69, 9.17) is 0 Å². The molecule has 2 nitrogen and oxygen atoms in total. The molecule has 1 aliphatic rings. The second kappa shape index (κ2) is 5.50. The fourth-order valence-corrected chi connectivity index (χ4v) is 2.89. The summed E-state index contributed by atoms with van der Waals surface area (Å²) in [5, 5.41) is 3.51. The van der Waals surface area contributed by atoms with Gasteiger partial charge in [0.1, 0.15) is 0 Å². The molecule has 0 aliphatic heterocycles. The van der Waals surface area contributed by atoms with Gasteiger partial charge in [-0.05, 0) is 58.5 Å². The van der Waals surface area contributed by atoms with Crippen LogP contribution in [0.15, 0.2) is 0 Å². The summed E-state index contributed by atoms with van der Waals surface area (Å²) in [7, 11) is 4.37. The maximum absolute atomic E-state index is 3.51. The molecule has 16 heavy (non-hydrogen) atoms. The van der Waals surface area contributed by atoms with Crippen LogP contribution in [0, 0.1) is 11.3 Å². The molecule has 2 unspecified atom stereocenters. The Kier molecular flexibility index (Phi) is 4.81. The summed E-state index contributed by atoms with van der Waals surface area (Å²) in [6.07, 6.45) is 4.05. The van der Waals surface area contributed by atoms with Gasteiger partial charge in [-0.15, -0.1) is 0 Å². The maximum Gasteiger partial charge on any atom is 0.0105 e. The van der Waals surface area contributed by atoms with Crippen molar-refractivity contribution in [3.05, 3.63) is 0 Å². The Morgan fingerprint density at radius 1 is 1.38 bits per heavy atom. The third-order valence-electron chi connectivity index (χ3n) is 4.29. The number of rotatable bonds is 4. The first-order valence-electron chi connectivity index (χ1n) is 6.73. The average molecular weight is 226 g/mol. The largest absolute Gasteiger partial charge is 0.317 e. The molecule has 1 aliphatic carbocycles. The van der Waals surface area contributed by atoms with Crippen molar-refractivity contribution >= 4 is 0 Å². The first kappa shape index (κ1) is 14.0. The molecule has 0 bridgehead atoms. The van der Waals surface area contributed by atoms with Crippen LogP contribution in [0.1, 0.15) is 47.0 Å². The maximum atomic E-state index is 3.51. The predicted octanol–water partition coefficient (Wildman–Crippen LogP) is 2.74. The first-order chi connectivity index (χ1) is 7.35. The van der Waals surface area contributed by atoms with Gasteiger partial charge in [-0.3, -0.25) is 0 Å². The Hall–Kier alpha value is -0.0800. The summed E-state index contributed by atoms with van der Waals surface area (Å²) in [5.74, 6) is 0.807. The molecule has 1 fully saturated rings. The second-order valence-electron chi connectivity index (χ2n) is 6.60. The molecule has 1 rings (SSSR count). The lowest BCUT2D eigenvalue weighted by molar-refractivity contribution is 0.102. The monoisotopic (exact) mass is 226 g/mol. The second-order valence-corrected chi connectivity index (χ2v) is 6.60. The highest BCUT2D eigenvalue weighted by molar-refractivity contribution is 4.89. The lowest BCUT2D eigenvalue weighted by atomic mass is 9.69. The van der Waals surface area contributed by atoms with Crippen LogP contribution < -0.4 is 5.32 Å². The minimum Gasteiger partial charge on any atom is -0.317 e. The van der Waals surface area contributed by atoms with Gasteiger partial charge < -0.3 is 10.2 Å². The molecule has 0 aromatic heterocycles. The van der Waals surface area contributed by atoms with Gasteiger partial charge in [0.15, 0.2) is 0 Å². The van der Waals surface area contributed by atoms with Crippen molar-refractivity contribution in [3.8, 4) is 0 Å². The van der Waals surface area contributed by atoms with Crippen LogP contribution in [0.3, 0.4) is 0 Å². The Morgan fingerprint density at radius 3 is 2.50 bits per heavy atom. The van der Waals surface area contributed by atoms with E-state index >= 15 is 0 Å². The molecule has 1 saturated carbocycles. The van der Waals surface area contributed by atoms with E-state index in [1.807, 2.05) is 0 Å². The summed E-state index contributed by atoms with van der Waals surface area (Å²) >= 11 is 0. The van der Waals surface area contributed by atoms with Crippen molar-refractivity contribution in [1.82, 2.24) is 10.2 Å². The van der Waals surface area contributed by atoms with Crippen LogP contribution in [-0.2, 0) is 0 Å². The zero-order valence-electron chi connectivity index (χ0n) is 12.0. The molecular weight excluding hydrogens is 196 g/mol. The molecule has 0 spiro atoms. The van der Waals surface area contributed by atoms with E-state index in [9.17, 15) is 0 Å². The molecule has 0 aromatic carbocycles. The number of hydrogen-bond acceptors (Lipinski definition) is 2. The van der Waals surface area contributed by atoms with Gasteiger partial charge in [0.2, 0.25) is 0 Å². The van der Waals surface area contributed by atoms with Crippen molar-refractivity contribution in [2.24, 2.45) is 11.3 Å². The summed E-state index contributed by atoms with van der Waals surface area (Å²) in [4.78, 5) is 2.48. The third-order valence-corrected chi connectivity index (χ3v) is 4.29. The average Bonchev–Trinajstić information content (AvgIpc) is 2.16. The molecule has 0 heterocycles. The fraction of sp³-hybridized carbons (Fsp3) is 1.00. The smallest absolute Gasteiger partial charge is 0.0105 e. The van der Waals surface area contributed by atoms with Crippen LogP contribution in [0.2, 0.25) is 0 Å². The van der Waals surface area contributed by atoms with E-state index in [0.29, 0.717) is 17.5 Å². The topological polar surface area (TPSA) is 15.3 Å². The van der Waals surface area contributed by atoms with Crippen molar-refractivity contribution in [3.63, 3.8) is 0 Å². The summed E-state index contributed by atoms with van der Waals surface area (Å²) < 4.78 is 0. The zero-order valence-corrected chi connectivity index (χ0v) is 12.0. The van der Waals surface area contributed by atoms with E-state index in [0.717, 1.165) is 5.92 Å². The van der Waals surface area contributed by atoms with E-state index in [1.165, 1.54) is 25.8 Å². The summed E-state index contributed by atoms with van der Waals surface area (Å²) in [6, 6.07) is 1.37. The fourth-order valence-electron chi connectivity index (χ4n) is 2.89. The van der Waals surface area contributed by atoms with Gasteiger partial charge >= 0.3 is 0 Å². The van der Waals surface area contributed by atoms with Crippen LogP contribution in [-0.4, -0.2) is 37.6 Å². The molecule has 0 saturated heterocycles. The number of nitrogens with zero attached hydrogens (tertiary/aromatic N) is 1. The molecular formula is C14H30N2. The van der Waals surface area contributed by atoms with Crippen LogP contribution in [0.5, 0.6) is 0 Å². The predicted molar refractivity (Wildman–Crippen MR) is 71.7 cm³/mol. The Balaban J connectivity index is 2.58. The number of hydrogen-bond donors (Lipinski definition) is 1. The van der Waals surface area contributed by atoms with E-state index < -0.39 is 0 Å². The van der Waals surface area contributed by atoms with Crippen molar-refractivity contribution in [2.45, 2.75) is 59.0 Å². The van der Waals surface area contributed by atoms with E-state index in [2.05, 4.69) is 52.0 Å². The van der Waals surface area contributed by atoms with Crippen molar-refractivity contribution in [1.29, 1.82) is 0 Å². The molecule has 2 heteroatoms. The van der Waals surface area contributed by atoms with Gasteiger partial charge in [-0.1, -0.05) is 13.8 Å².